The number of rotatable bonds is 15. The summed E-state index contributed by atoms with van der Waals surface area (Å²) in [6, 6.07) is 0. The second-order valence-electron chi connectivity index (χ2n) is 5.68. The standard InChI is InChI=1S/C20H34O2/c1-2-3-4-5-6-7-8-9-10-11-12-13-14-15-16-17-18-19-20(21)22/h3-4,7-8,13-14H,2,5-6,9-12,15-19H2,1H3,(H,21,22)/b4-3+,8-7+,14-13+. The molecule has 1 N–H and O–H groups in total. The first-order chi connectivity index (χ1) is 10.8. The minimum Gasteiger partial charge on any atom is -0.481 e. The lowest BCUT2D eigenvalue weighted by atomic mass is 10.1. The summed E-state index contributed by atoms with van der Waals surface area (Å²) < 4.78 is 0. The van der Waals surface area contributed by atoms with Crippen molar-refractivity contribution in [3.63, 3.8) is 0 Å². The van der Waals surface area contributed by atoms with Gasteiger partial charge in [0.2, 0.25) is 0 Å². The maximum Gasteiger partial charge on any atom is 0.303 e. The average Bonchev–Trinajstić information content (AvgIpc) is 2.50. The lowest BCUT2D eigenvalue weighted by Gasteiger charge is -1.96. The number of hydrogen-bond donors (Lipinski definition) is 1. The molecule has 2 nitrogen and oxygen atoms in total. The van der Waals surface area contributed by atoms with Gasteiger partial charge in [-0.1, -0.05) is 49.8 Å². The summed E-state index contributed by atoms with van der Waals surface area (Å²) >= 11 is 0. The largest absolute Gasteiger partial charge is 0.481 e. The molecule has 0 aromatic carbocycles. The molecule has 126 valence electrons. The maximum atomic E-state index is 10.3. The molecule has 0 aromatic heterocycles. The van der Waals surface area contributed by atoms with Crippen LogP contribution >= 0.6 is 0 Å². The third-order valence-corrected chi connectivity index (χ3v) is 3.49. The fourth-order valence-corrected chi connectivity index (χ4v) is 2.19. The van der Waals surface area contributed by atoms with E-state index in [1.165, 1.54) is 32.1 Å². The van der Waals surface area contributed by atoms with Gasteiger partial charge in [0.15, 0.2) is 0 Å². The summed E-state index contributed by atoms with van der Waals surface area (Å²) in [6.07, 6.45) is 26.3. The molecule has 0 saturated heterocycles. The molecule has 0 bridgehead atoms. The van der Waals surface area contributed by atoms with Gasteiger partial charge in [-0.3, -0.25) is 4.79 Å². The van der Waals surface area contributed by atoms with Crippen LogP contribution in [0.3, 0.4) is 0 Å². The quantitative estimate of drug-likeness (QED) is 0.279. The van der Waals surface area contributed by atoms with Crippen LogP contribution in [0.5, 0.6) is 0 Å². The molecule has 0 rings (SSSR count). The van der Waals surface area contributed by atoms with Crippen molar-refractivity contribution in [3.8, 4) is 0 Å². The first-order valence-corrected chi connectivity index (χ1v) is 8.94. The summed E-state index contributed by atoms with van der Waals surface area (Å²) in [4.78, 5) is 10.3. The molecule has 0 spiro atoms. The number of allylic oxidation sites excluding steroid dienone is 6. The van der Waals surface area contributed by atoms with Crippen molar-refractivity contribution in [2.75, 3.05) is 0 Å². The van der Waals surface area contributed by atoms with Crippen molar-refractivity contribution in [1.29, 1.82) is 0 Å². The van der Waals surface area contributed by atoms with E-state index in [2.05, 4.69) is 43.4 Å². The SMILES string of the molecule is CC/C=C/CC/C=C/CCCC/C=C/CCCCCC(=O)O. The van der Waals surface area contributed by atoms with Gasteiger partial charge in [0, 0.05) is 6.42 Å². The van der Waals surface area contributed by atoms with E-state index in [0.29, 0.717) is 6.42 Å². The van der Waals surface area contributed by atoms with Gasteiger partial charge >= 0.3 is 5.97 Å². The minimum atomic E-state index is -0.679. The summed E-state index contributed by atoms with van der Waals surface area (Å²) in [5.41, 5.74) is 0. The van der Waals surface area contributed by atoms with Gasteiger partial charge in [-0.25, -0.2) is 0 Å². The Balaban J connectivity index is 3.21. The Morgan fingerprint density at radius 2 is 1.14 bits per heavy atom. The molecule has 0 unspecified atom stereocenters. The summed E-state index contributed by atoms with van der Waals surface area (Å²) in [6.45, 7) is 2.17. The number of carboxylic acids is 1. The highest BCUT2D eigenvalue weighted by Gasteiger charge is 1.94. The Morgan fingerprint density at radius 1 is 0.682 bits per heavy atom. The molecule has 0 heterocycles. The van der Waals surface area contributed by atoms with E-state index in [1.54, 1.807) is 0 Å². The highest BCUT2D eigenvalue weighted by molar-refractivity contribution is 5.66. The highest BCUT2D eigenvalue weighted by atomic mass is 16.4. The highest BCUT2D eigenvalue weighted by Crippen LogP contribution is 2.06. The zero-order valence-corrected chi connectivity index (χ0v) is 14.3. The van der Waals surface area contributed by atoms with Gasteiger partial charge in [0.1, 0.15) is 0 Å². The van der Waals surface area contributed by atoms with Crippen molar-refractivity contribution < 1.29 is 9.90 Å². The van der Waals surface area contributed by atoms with Gasteiger partial charge in [-0.2, -0.15) is 0 Å². The van der Waals surface area contributed by atoms with Gasteiger partial charge < -0.3 is 5.11 Å². The summed E-state index contributed by atoms with van der Waals surface area (Å²) in [5.74, 6) is -0.679. The first-order valence-electron chi connectivity index (χ1n) is 8.94. The topological polar surface area (TPSA) is 37.3 Å². The number of carbonyl (C=O) groups is 1. The van der Waals surface area contributed by atoms with Crippen molar-refractivity contribution >= 4 is 5.97 Å². The summed E-state index contributed by atoms with van der Waals surface area (Å²) in [5, 5.41) is 8.52. The third-order valence-electron chi connectivity index (χ3n) is 3.49. The van der Waals surface area contributed by atoms with E-state index in [0.717, 1.165) is 38.5 Å². The van der Waals surface area contributed by atoms with Crippen molar-refractivity contribution in [2.24, 2.45) is 0 Å². The Labute approximate surface area is 137 Å². The predicted molar refractivity (Wildman–Crippen MR) is 96.1 cm³/mol. The van der Waals surface area contributed by atoms with E-state index < -0.39 is 5.97 Å². The Hall–Kier alpha value is -1.31. The number of hydrogen-bond acceptors (Lipinski definition) is 1. The number of unbranched alkanes of at least 4 members (excludes halogenated alkanes) is 7. The van der Waals surface area contributed by atoms with Crippen LogP contribution in [-0.2, 0) is 4.79 Å². The monoisotopic (exact) mass is 306 g/mol. The van der Waals surface area contributed by atoms with Crippen LogP contribution in [0.15, 0.2) is 36.5 Å². The van der Waals surface area contributed by atoms with Crippen molar-refractivity contribution in [3.05, 3.63) is 36.5 Å². The van der Waals surface area contributed by atoms with Gasteiger partial charge in [-0.05, 0) is 64.2 Å². The lowest BCUT2D eigenvalue weighted by molar-refractivity contribution is -0.137. The molecule has 0 radical (unpaired) electrons. The van der Waals surface area contributed by atoms with Crippen LogP contribution in [0.2, 0.25) is 0 Å². The number of carboxylic acid groups (broad SMARTS) is 1. The second-order valence-corrected chi connectivity index (χ2v) is 5.68. The predicted octanol–water partition coefficient (Wildman–Crippen LogP) is 6.44. The maximum absolute atomic E-state index is 10.3. The van der Waals surface area contributed by atoms with Crippen LogP contribution < -0.4 is 0 Å². The van der Waals surface area contributed by atoms with E-state index in [4.69, 9.17) is 5.11 Å². The minimum absolute atomic E-state index is 0.312. The molecule has 0 fully saturated rings. The average molecular weight is 306 g/mol. The molecule has 0 aliphatic carbocycles. The molecule has 0 atom stereocenters. The van der Waals surface area contributed by atoms with E-state index >= 15 is 0 Å². The normalized spacial score (nSPS) is 12.0. The van der Waals surface area contributed by atoms with Crippen LogP contribution in [0, 0.1) is 0 Å². The molecule has 0 amide bonds. The molecular formula is C20H34O2. The molecule has 0 aliphatic rings. The fraction of sp³-hybridized carbons (Fsp3) is 0.650. The van der Waals surface area contributed by atoms with E-state index in [-0.39, 0.29) is 0 Å². The molecule has 22 heavy (non-hydrogen) atoms. The van der Waals surface area contributed by atoms with Crippen molar-refractivity contribution in [1.82, 2.24) is 0 Å². The Bertz CT molecular complexity index is 327. The molecule has 2 heteroatoms. The molecule has 0 aliphatic heterocycles. The smallest absolute Gasteiger partial charge is 0.303 e. The zero-order chi connectivity index (χ0) is 16.3. The fourth-order valence-electron chi connectivity index (χ4n) is 2.19. The van der Waals surface area contributed by atoms with E-state index in [1.807, 2.05) is 0 Å². The molecule has 0 saturated carbocycles. The van der Waals surface area contributed by atoms with Crippen LogP contribution in [0.1, 0.15) is 84.0 Å². The van der Waals surface area contributed by atoms with Gasteiger partial charge in [0.05, 0.1) is 0 Å². The lowest BCUT2D eigenvalue weighted by Crippen LogP contribution is -1.93. The van der Waals surface area contributed by atoms with Gasteiger partial charge in [-0.15, -0.1) is 0 Å². The number of aliphatic carboxylic acids is 1. The van der Waals surface area contributed by atoms with Crippen molar-refractivity contribution in [2.45, 2.75) is 84.0 Å². The second kappa shape index (κ2) is 17.7. The van der Waals surface area contributed by atoms with Crippen LogP contribution in [-0.4, -0.2) is 11.1 Å². The van der Waals surface area contributed by atoms with Gasteiger partial charge in [0.25, 0.3) is 0 Å². The van der Waals surface area contributed by atoms with Crippen LogP contribution in [0.25, 0.3) is 0 Å². The molecular weight excluding hydrogens is 272 g/mol. The Kier molecular flexibility index (Phi) is 16.7. The third kappa shape index (κ3) is 18.7. The summed E-state index contributed by atoms with van der Waals surface area (Å²) in [7, 11) is 0. The van der Waals surface area contributed by atoms with Crippen LogP contribution in [0.4, 0.5) is 0 Å². The zero-order valence-electron chi connectivity index (χ0n) is 14.3. The molecule has 0 aromatic rings. The first kappa shape index (κ1) is 20.7. The van der Waals surface area contributed by atoms with E-state index in [9.17, 15) is 4.79 Å². The Morgan fingerprint density at radius 3 is 1.64 bits per heavy atom.